The van der Waals surface area contributed by atoms with Crippen molar-refractivity contribution < 1.29 is 99.5 Å². The summed E-state index contributed by atoms with van der Waals surface area (Å²) in [5.41, 5.74) is 0.173. The van der Waals surface area contributed by atoms with Crippen LogP contribution in [0.4, 0.5) is 0 Å². The number of aromatic hydroxyl groups is 2. The molecule has 16 atom stereocenters. The van der Waals surface area contributed by atoms with Crippen molar-refractivity contribution in [2.45, 2.75) is 105 Å². The van der Waals surface area contributed by atoms with Crippen LogP contribution in [0.3, 0.4) is 0 Å². The molecule has 0 aromatic heterocycles. The van der Waals surface area contributed by atoms with Crippen molar-refractivity contribution >= 4 is 5.76 Å². The molecule has 20 nitrogen and oxygen atoms in total. The normalized spacial score (nSPS) is 41.8. The average Bonchev–Trinajstić information content (AvgIpc) is 3.12. The van der Waals surface area contributed by atoms with E-state index >= 15 is 0 Å². The summed E-state index contributed by atoms with van der Waals surface area (Å²) in [6.07, 6.45) is -23.0. The topological polar surface area (TPSA) is 328 Å². The van der Waals surface area contributed by atoms with Gasteiger partial charge in [-0.2, -0.15) is 0 Å². The monoisotopic (exact) mass is 758 g/mol. The molecule has 5 aliphatic rings. The summed E-state index contributed by atoms with van der Waals surface area (Å²) in [7, 11) is 0. The summed E-state index contributed by atoms with van der Waals surface area (Å²) < 4.78 is 40.2. The summed E-state index contributed by atoms with van der Waals surface area (Å²) in [6.45, 7) is -0.0691. The average molecular weight is 759 g/mol. The lowest BCUT2D eigenvalue weighted by atomic mass is 9.96. The highest BCUT2D eigenvalue weighted by Gasteiger charge is 2.52. The van der Waals surface area contributed by atoms with Crippen molar-refractivity contribution in [1.29, 1.82) is 0 Å². The summed E-state index contributed by atoms with van der Waals surface area (Å²) in [6, 6.07) is 3.59. The van der Waals surface area contributed by atoms with Crippen molar-refractivity contribution in [2.24, 2.45) is 0 Å². The Morgan fingerprint density at radius 1 is 0.679 bits per heavy atom. The zero-order chi connectivity index (χ0) is 38.5. The SMILES string of the molecule is C[C@@H]1O[C@@H](OC[C@H]2O[C@@H](OC3=C(c4ccc(O)c(O)c4)OC4C=C(O)C=C(O)C4=C3)[C@H](O)[C@@H](O[C@H]3O[C@@H](CO)[C@H](O)[C@@H](O)[C@@H]3O)[C@@H]2O)[C@H](O)[C@H](O)[C@H]1O. The van der Waals surface area contributed by atoms with Gasteiger partial charge in [-0.05, 0) is 31.2 Å². The highest BCUT2D eigenvalue weighted by atomic mass is 16.8. The van der Waals surface area contributed by atoms with Crippen LogP contribution in [0.25, 0.3) is 5.76 Å². The van der Waals surface area contributed by atoms with E-state index in [-0.39, 0.29) is 28.4 Å². The Balaban J connectivity index is 1.33. The molecule has 1 aromatic rings. The Morgan fingerprint density at radius 2 is 1.36 bits per heavy atom. The molecular weight excluding hydrogens is 716 g/mol. The van der Waals surface area contributed by atoms with E-state index in [2.05, 4.69) is 0 Å². The molecule has 3 fully saturated rings. The number of rotatable bonds is 9. The van der Waals surface area contributed by atoms with E-state index in [0.717, 1.165) is 18.2 Å². The van der Waals surface area contributed by atoms with Crippen molar-refractivity contribution in [3.8, 4) is 11.5 Å². The molecule has 13 N–H and O–H groups in total. The molecule has 0 radical (unpaired) electrons. The molecule has 53 heavy (non-hydrogen) atoms. The highest BCUT2D eigenvalue weighted by molar-refractivity contribution is 5.70. The van der Waals surface area contributed by atoms with Gasteiger partial charge in [0.25, 0.3) is 0 Å². The fourth-order valence-electron chi connectivity index (χ4n) is 6.37. The van der Waals surface area contributed by atoms with Crippen molar-refractivity contribution in [2.75, 3.05) is 13.2 Å². The quantitative estimate of drug-likeness (QED) is 0.109. The molecule has 3 saturated heterocycles. The van der Waals surface area contributed by atoms with Crippen LogP contribution in [0.15, 0.2) is 59.3 Å². The first-order chi connectivity index (χ1) is 25.1. The van der Waals surface area contributed by atoms with Crippen LogP contribution in [-0.2, 0) is 33.2 Å². The van der Waals surface area contributed by atoms with Gasteiger partial charge in [-0.1, -0.05) is 0 Å². The summed E-state index contributed by atoms with van der Waals surface area (Å²) >= 11 is 0. The van der Waals surface area contributed by atoms with E-state index in [1.54, 1.807) is 0 Å². The molecule has 1 aliphatic carbocycles. The number of ether oxygens (including phenoxy) is 7. The van der Waals surface area contributed by atoms with Gasteiger partial charge in [0.05, 0.1) is 19.3 Å². The molecule has 6 rings (SSSR count). The third-order valence-corrected chi connectivity index (χ3v) is 9.46. The van der Waals surface area contributed by atoms with Crippen LogP contribution in [-0.4, -0.2) is 178 Å². The molecule has 0 saturated carbocycles. The molecule has 1 aromatic carbocycles. The molecule has 0 spiro atoms. The van der Waals surface area contributed by atoms with Gasteiger partial charge in [-0.15, -0.1) is 0 Å². The fourth-order valence-corrected chi connectivity index (χ4v) is 6.37. The summed E-state index contributed by atoms with van der Waals surface area (Å²) in [5, 5.41) is 135. The van der Waals surface area contributed by atoms with E-state index in [4.69, 9.17) is 33.2 Å². The van der Waals surface area contributed by atoms with E-state index in [9.17, 15) is 66.4 Å². The van der Waals surface area contributed by atoms with Crippen molar-refractivity contribution in [3.05, 3.63) is 64.8 Å². The third-order valence-electron chi connectivity index (χ3n) is 9.46. The number of fused-ring (bicyclic) bond motifs is 1. The maximum absolute atomic E-state index is 11.6. The molecule has 294 valence electrons. The smallest absolute Gasteiger partial charge is 0.229 e. The Labute approximate surface area is 300 Å². The Hall–Kier alpha value is -3.58. The number of aliphatic hydroxyl groups is 11. The first kappa shape index (κ1) is 39.1. The molecule has 0 bridgehead atoms. The Morgan fingerprint density at radius 3 is 2.06 bits per heavy atom. The second kappa shape index (κ2) is 15.6. The van der Waals surface area contributed by atoms with Crippen LogP contribution in [0.1, 0.15) is 12.5 Å². The second-order valence-electron chi connectivity index (χ2n) is 13.1. The summed E-state index contributed by atoms with van der Waals surface area (Å²) in [5.74, 6) is -2.21. The molecule has 1 unspecified atom stereocenters. The van der Waals surface area contributed by atoms with E-state index < -0.39 is 129 Å². The van der Waals surface area contributed by atoms with Gasteiger partial charge in [0.2, 0.25) is 6.29 Å². The van der Waals surface area contributed by atoms with Crippen LogP contribution in [0.2, 0.25) is 0 Å². The molecule has 4 heterocycles. The lowest BCUT2D eigenvalue weighted by molar-refractivity contribution is -0.362. The van der Waals surface area contributed by atoms with E-state index in [1.165, 1.54) is 25.1 Å². The van der Waals surface area contributed by atoms with Gasteiger partial charge in [0.15, 0.2) is 35.6 Å². The van der Waals surface area contributed by atoms with Crippen LogP contribution in [0, 0.1) is 0 Å². The predicted molar refractivity (Wildman–Crippen MR) is 170 cm³/mol. The number of phenolic OH excluding ortho intramolecular Hbond substituents is 2. The number of benzene rings is 1. The first-order valence-electron chi connectivity index (χ1n) is 16.5. The van der Waals surface area contributed by atoms with Crippen LogP contribution in [0.5, 0.6) is 11.5 Å². The zero-order valence-corrected chi connectivity index (χ0v) is 27.8. The maximum Gasteiger partial charge on any atom is 0.229 e. The molecule has 20 heteroatoms. The lowest BCUT2D eigenvalue weighted by Crippen LogP contribution is -2.65. The van der Waals surface area contributed by atoms with Gasteiger partial charge in [-0.25, -0.2) is 0 Å². The zero-order valence-electron chi connectivity index (χ0n) is 27.8. The van der Waals surface area contributed by atoms with Gasteiger partial charge >= 0.3 is 0 Å². The number of hydrogen-bond acceptors (Lipinski definition) is 20. The predicted octanol–water partition coefficient (Wildman–Crippen LogP) is -3.52. The second-order valence-corrected chi connectivity index (χ2v) is 13.1. The molecule has 0 amide bonds. The van der Waals surface area contributed by atoms with Gasteiger partial charge in [0.1, 0.15) is 84.8 Å². The number of allylic oxidation sites excluding steroid dienone is 2. The largest absolute Gasteiger partial charge is 0.508 e. The first-order valence-corrected chi connectivity index (χ1v) is 16.5. The van der Waals surface area contributed by atoms with Gasteiger partial charge in [-0.3, -0.25) is 0 Å². The lowest BCUT2D eigenvalue weighted by Gasteiger charge is -2.46. The molecule has 4 aliphatic heterocycles. The standard InChI is InChI=1S/C33H42O20/c1-10-21(39)24(42)26(44)31(48-10)47-9-20-23(41)30(53-32-27(45)25(43)22(40)19(8-34)51-32)28(46)33(52-20)50-18-7-13-15(37)5-12(35)6-17(13)49-29(18)11-2-3-14(36)16(38)4-11/h2-7,10,17,19-28,30-46H,8-9H2,1H3/t10-,17?,19-,20+,21-,22-,23+,24+,25+,26+,27-,28+,30-,31+,32+,33+/m0/s1. The number of hydrogen-bond donors (Lipinski definition) is 13. The highest BCUT2D eigenvalue weighted by Crippen LogP contribution is 2.40. The fraction of sp³-hybridized carbons (Fsp3) is 0.576. The van der Waals surface area contributed by atoms with Crippen LogP contribution >= 0.6 is 0 Å². The molecular formula is C33H42O20. The van der Waals surface area contributed by atoms with Gasteiger partial charge < -0.3 is 99.5 Å². The van der Waals surface area contributed by atoms with Crippen LogP contribution < -0.4 is 0 Å². The van der Waals surface area contributed by atoms with E-state index in [0.29, 0.717) is 0 Å². The number of phenols is 2. The van der Waals surface area contributed by atoms with Gasteiger partial charge in [0, 0.05) is 23.3 Å². The minimum atomic E-state index is -2.00. The summed E-state index contributed by atoms with van der Waals surface area (Å²) in [4.78, 5) is 0. The Bertz CT molecular complexity index is 1610. The Kier molecular flexibility index (Phi) is 11.5. The third kappa shape index (κ3) is 7.70. The maximum atomic E-state index is 11.6. The number of aliphatic hydroxyl groups excluding tert-OH is 11. The van der Waals surface area contributed by atoms with Crippen molar-refractivity contribution in [3.63, 3.8) is 0 Å². The minimum absolute atomic E-state index is 0.0715. The van der Waals surface area contributed by atoms with E-state index in [1.807, 2.05) is 0 Å². The van der Waals surface area contributed by atoms with Crippen molar-refractivity contribution in [1.82, 2.24) is 0 Å². The minimum Gasteiger partial charge on any atom is -0.508 e.